The van der Waals surface area contributed by atoms with Crippen molar-refractivity contribution in [1.29, 1.82) is 0 Å². The van der Waals surface area contributed by atoms with Crippen LogP contribution in [0.5, 0.6) is 0 Å². The van der Waals surface area contributed by atoms with E-state index >= 15 is 0 Å². The first-order chi connectivity index (χ1) is 8.33. The van der Waals surface area contributed by atoms with Crippen LogP contribution in [0.1, 0.15) is 47.5 Å². The molecule has 0 aromatic heterocycles. The largest absolute Gasteiger partial charge is 0.444 e. The Hall–Kier alpha value is -0.770. The number of carbonyl (C=O) groups excluding carboxylic acids is 1. The Kier molecular flexibility index (Phi) is 5.45. The second-order valence-electron chi connectivity index (χ2n) is 6.18. The third kappa shape index (κ3) is 4.84. The van der Waals surface area contributed by atoms with Gasteiger partial charge in [-0.3, -0.25) is 0 Å². The second kappa shape index (κ2) is 6.41. The maximum absolute atomic E-state index is 12.0. The van der Waals surface area contributed by atoms with E-state index in [1.807, 2.05) is 25.7 Å². The van der Waals surface area contributed by atoms with Crippen molar-refractivity contribution in [3.05, 3.63) is 0 Å². The lowest BCUT2D eigenvalue weighted by Crippen LogP contribution is -2.47. The van der Waals surface area contributed by atoms with E-state index in [1.165, 1.54) is 6.42 Å². The van der Waals surface area contributed by atoms with E-state index in [1.54, 1.807) is 0 Å². The third-order valence-electron chi connectivity index (χ3n) is 3.34. The molecule has 0 bridgehead atoms. The van der Waals surface area contributed by atoms with E-state index in [9.17, 15) is 4.79 Å². The van der Waals surface area contributed by atoms with Crippen LogP contribution in [-0.4, -0.2) is 42.3 Å². The van der Waals surface area contributed by atoms with Crippen LogP contribution in [0.4, 0.5) is 4.79 Å². The Bertz CT molecular complexity index is 273. The predicted molar refractivity (Wildman–Crippen MR) is 73.7 cm³/mol. The van der Waals surface area contributed by atoms with Gasteiger partial charge in [-0.15, -0.1) is 0 Å². The van der Waals surface area contributed by atoms with Gasteiger partial charge in [-0.1, -0.05) is 6.92 Å². The van der Waals surface area contributed by atoms with Gasteiger partial charge in [0, 0.05) is 19.1 Å². The zero-order valence-corrected chi connectivity index (χ0v) is 12.5. The smallest absolute Gasteiger partial charge is 0.410 e. The number of amides is 1. The summed E-state index contributed by atoms with van der Waals surface area (Å²) in [6.45, 7) is 12.7. The summed E-state index contributed by atoms with van der Waals surface area (Å²) in [6.07, 6.45) is 2.09. The fourth-order valence-electron chi connectivity index (χ4n) is 2.40. The fraction of sp³-hybridized carbons (Fsp3) is 0.929. The SMILES string of the molecule is CCN[C@@H](C)[C@H]1CCCN(C(=O)OC(C)(C)C)C1. The number of carbonyl (C=O) groups is 1. The number of rotatable bonds is 3. The summed E-state index contributed by atoms with van der Waals surface area (Å²) >= 11 is 0. The molecule has 0 saturated carbocycles. The van der Waals surface area contributed by atoms with Crippen molar-refractivity contribution in [2.75, 3.05) is 19.6 Å². The van der Waals surface area contributed by atoms with E-state index in [4.69, 9.17) is 4.74 Å². The lowest BCUT2D eigenvalue weighted by atomic mass is 9.92. The van der Waals surface area contributed by atoms with Crippen LogP contribution in [0.2, 0.25) is 0 Å². The Morgan fingerprint density at radius 2 is 2.17 bits per heavy atom. The molecule has 0 radical (unpaired) electrons. The lowest BCUT2D eigenvalue weighted by molar-refractivity contribution is 0.0149. The van der Waals surface area contributed by atoms with Crippen molar-refractivity contribution in [2.24, 2.45) is 5.92 Å². The minimum absolute atomic E-state index is 0.170. The number of hydrogen-bond acceptors (Lipinski definition) is 3. The summed E-state index contributed by atoms with van der Waals surface area (Å²) in [4.78, 5) is 13.9. The molecular formula is C14H28N2O2. The normalized spacial score (nSPS) is 22.7. The molecule has 1 aliphatic heterocycles. The van der Waals surface area contributed by atoms with Gasteiger partial charge in [0.2, 0.25) is 0 Å². The van der Waals surface area contributed by atoms with Gasteiger partial charge in [-0.05, 0) is 53.0 Å². The summed E-state index contributed by atoms with van der Waals surface area (Å²) in [5.74, 6) is 0.534. The van der Waals surface area contributed by atoms with Gasteiger partial charge >= 0.3 is 6.09 Å². The van der Waals surface area contributed by atoms with E-state index in [-0.39, 0.29) is 6.09 Å². The molecule has 106 valence electrons. The highest BCUT2D eigenvalue weighted by Gasteiger charge is 2.29. The van der Waals surface area contributed by atoms with E-state index in [0.29, 0.717) is 12.0 Å². The molecule has 0 aromatic carbocycles. The third-order valence-corrected chi connectivity index (χ3v) is 3.34. The summed E-state index contributed by atoms with van der Waals surface area (Å²) in [6, 6.07) is 0.459. The summed E-state index contributed by atoms with van der Waals surface area (Å²) in [7, 11) is 0. The fourth-order valence-corrected chi connectivity index (χ4v) is 2.40. The molecule has 1 fully saturated rings. The first-order valence-corrected chi connectivity index (χ1v) is 7.04. The van der Waals surface area contributed by atoms with Crippen LogP contribution >= 0.6 is 0 Å². The monoisotopic (exact) mass is 256 g/mol. The maximum Gasteiger partial charge on any atom is 0.410 e. The molecule has 4 nitrogen and oxygen atoms in total. The Morgan fingerprint density at radius 3 is 2.72 bits per heavy atom. The van der Waals surface area contributed by atoms with Crippen molar-refractivity contribution < 1.29 is 9.53 Å². The summed E-state index contributed by atoms with van der Waals surface area (Å²) in [5.41, 5.74) is -0.405. The van der Waals surface area contributed by atoms with Crippen molar-refractivity contribution in [3.63, 3.8) is 0 Å². The molecule has 1 saturated heterocycles. The molecule has 0 aliphatic carbocycles. The van der Waals surface area contributed by atoms with Gasteiger partial charge in [0.15, 0.2) is 0 Å². The van der Waals surface area contributed by atoms with Crippen molar-refractivity contribution in [1.82, 2.24) is 10.2 Å². The minimum Gasteiger partial charge on any atom is -0.444 e. The Morgan fingerprint density at radius 1 is 1.50 bits per heavy atom. The quantitative estimate of drug-likeness (QED) is 0.844. The molecule has 0 spiro atoms. The standard InChI is InChI=1S/C14H28N2O2/c1-6-15-11(2)12-8-7-9-16(10-12)13(17)18-14(3,4)5/h11-12,15H,6-10H2,1-5H3/t11-,12-/m0/s1. The Balaban J connectivity index is 2.50. The number of likely N-dealkylation sites (tertiary alicyclic amines) is 1. The average molecular weight is 256 g/mol. The number of nitrogens with zero attached hydrogens (tertiary/aromatic N) is 1. The van der Waals surface area contributed by atoms with E-state index < -0.39 is 5.60 Å². The van der Waals surface area contributed by atoms with E-state index in [0.717, 1.165) is 26.1 Å². The highest BCUT2D eigenvalue weighted by atomic mass is 16.6. The molecule has 1 aliphatic rings. The average Bonchev–Trinajstić information content (AvgIpc) is 2.27. The van der Waals surface area contributed by atoms with Crippen molar-refractivity contribution in [3.8, 4) is 0 Å². The van der Waals surface area contributed by atoms with Gasteiger partial charge in [-0.25, -0.2) is 4.79 Å². The van der Waals surface area contributed by atoms with Crippen LogP contribution in [0.3, 0.4) is 0 Å². The predicted octanol–water partition coefficient (Wildman–Crippen LogP) is 2.63. The van der Waals surface area contributed by atoms with Gasteiger partial charge in [-0.2, -0.15) is 0 Å². The van der Waals surface area contributed by atoms with Gasteiger partial charge in [0.25, 0.3) is 0 Å². The van der Waals surface area contributed by atoms with Gasteiger partial charge in [0.1, 0.15) is 5.60 Å². The van der Waals surface area contributed by atoms with Crippen molar-refractivity contribution >= 4 is 6.09 Å². The molecule has 18 heavy (non-hydrogen) atoms. The summed E-state index contributed by atoms with van der Waals surface area (Å²) < 4.78 is 5.43. The topological polar surface area (TPSA) is 41.6 Å². The highest BCUT2D eigenvalue weighted by molar-refractivity contribution is 5.68. The molecular weight excluding hydrogens is 228 g/mol. The Labute approximate surface area is 111 Å². The molecule has 1 rings (SSSR count). The van der Waals surface area contributed by atoms with Gasteiger partial charge in [0.05, 0.1) is 0 Å². The van der Waals surface area contributed by atoms with Crippen LogP contribution in [-0.2, 0) is 4.74 Å². The first kappa shape index (κ1) is 15.3. The van der Waals surface area contributed by atoms with Crippen molar-refractivity contribution in [2.45, 2.75) is 59.1 Å². The zero-order valence-electron chi connectivity index (χ0n) is 12.5. The molecule has 4 heteroatoms. The minimum atomic E-state index is -0.405. The number of hydrogen-bond donors (Lipinski definition) is 1. The maximum atomic E-state index is 12.0. The summed E-state index contributed by atoms with van der Waals surface area (Å²) in [5, 5.41) is 3.44. The number of ether oxygens (including phenoxy) is 1. The number of piperidine rings is 1. The van der Waals surface area contributed by atoms with Crippen LogP contribution < -0.4 is 5.32 Å². The molecule has 2 atom stereocenters. The van der Waals surface area contributed by atoms with Crippen LogP contribution in [0.15, 0.2) is 0 Å². The van der Waals surface area contributed by atoms with E-state index in [2.05, 4.69) is 19.2 Å². The van der Waals surface area contributed by atoms with Crippen LogP contribution in [0.25, 0.3) is 0 Å². The van der Waals surface area contributed by atoms with Gasteiger partial charge < -0.3 is 15.0 Å². The van der Waals surface area contributed by atoms with Crippen LogP contribution in [0, 0.1) is 5.92 Å². The zero-order chi connectivity index (χ0) is 13.8. The molecule has 1 heterocycles. The molecule has 1 amide bonds. The molecule has 1 N–H and O–H groups in total. The highest BCUT2D eigenvalue weighted by Crippen LogP contribution is 2.21. The number of nitrogens with one attached hydrogen (secondary N) is 1. The lowest BCUT2D eigenvalue weighted by Gasteiger charge is -2.36. The second-order valence-corrected chi connectivity index (χ2v) is 6.18. The first-order valence-electron chi connectivity index (χ1n) is 7.04. The molecule has 0 unspecified atom stereocenters. The molecule has 0 aromatic rings.